The molecule has 1 aromatic carbocycles. The summed E-state index contributed by atoms with van der Waals surface area (Å²) in [4.78, 5) is 0. The highest BCUT2D eigenvalue weighted by Gasteiger charge is 2.07. The molecule has 0 aromatic heterocycles. The molecule has 0 aliphatic carbocycles. The Balaban J connectivity index is 2.61. The van der Waals surface area contributed by atoms with Gasteiger partial charge < -0.3 is 5.11 Å². The minimum atomic E-state index is -0.359. The van der Waals surface area contributed by atoms with Gasteiger partial charge in [0.25, 0.3) is 0 Å². The van der Waals surface area contributed by atoms with Crippen LogP contribution in [-0.4, -0.2) is 5.11 Å². The van der Waals surface area contributed by atoms with Gasteiger partial charge in [0.2, 0.25) is 0 Å². The molecule has 0 bridgehead atoms. The molecule has 1 N–H and O–H groups in total. The third kappa shape index (κ3) is 3.80. The lowest BCUT2D eigenvalue weighted by Gasteiger charge is -2.11. The molecule has 1 rings (SSSR count). The van der Waals surface area contributed by atoms with Gasteiger partial charge in [0.05, 0.1) is 6.10 Å². The fourth-order valence-corrected chi connectivity index (χ4v) is 1.84. The molecule has 0 heterocycles. The van der Waals surface area contributed by atoms with Crippen LogP contribution in [0.25, 0.3) is 0 Å². The van der Waals surface area contributed by atoms with Crippen LogP contribution in [0.3, 0.4) is 0 Å². The van der Waals surface area contributed by atoms with E-state index in [1.54, 1.807) is 0 Å². The number of aliphatic hydroxyl groups is 1. The zero-order valence-electron chi connectivity index (χ0n) is 9.04. The van der Waals surface area contributed by atoms with E-state index >= 15 is 0 Å². The van der Waals surface area contributed by atoms with Gasteiger partial charge in [-0.2, -0.15) is 0 Å². The Bertz CT molecular complexity index is 333. The third-order valence-electron chi connectivity index (χ3n) is 2.47. The number of halogens is 1. The Hall–Kier alpha value is -0.600. The molecule has 0 amide bonds. The number of aliphatic hydroxyl groups excluding tert-OH is 1. The van der Waals surface area contributed by atoms with Crippen LogP contribution in [0.5, 0.6) is 0 Å². The van der Waals surface area contributed by atoms with Crippen LogP contribution in [0, 0.1) is 6.92 Å². The standard InChI is InChI=1S/C13H17BrO/c1-3-4-5-6-13(15)11-8-7-10(2)12(14)9-11/h3,7-9,13,15H,1,4-6H2,2H3. The van der Waals surface area contributed by atoms with Crippen molar-refractivity contribution in [1.29, 1.82) is 0 Å². The maximum Gasteiger partial charge on any atom is 0.0790 e. The zero-order chi connectivity index (χ0) is 11.3. The molecular formula is C13H17BrO. The number of hydrogen-bond donors (Lipinski definition) is 1. The molecular weight excluding hydrogens is 252 g/mol. The number of allylic oxidation sites excluding steroid dienone is 1. The minimum absolute atomic E-state index is 0.359. The second-order valence-electron chi connectivity index (χ2n) is 3.74. The number of aryl methyl sites for hydroxylation is 1. The predicted octanol–water partition coefficient (Wildman–Crippen LogP) is 4.15. The van der Waals surface area contributed by atoms with Gasteiger partial charge in [0, 0.05) is 4.47 Å². The molecule has 1 unspecified atom stereocenters. The summed E-state index contributed by atoms with van der Waals surface area (Å²) >= 11 is 3.47. The summed E-state index contributed by atoms with van der Waals surface area (Å²) in [6, 6.07) is 6.00. The highest BCUT2D eigenvalue weighted by atomic mass is 79.9. The van der Waals surface area contributed by atoms with E-state index in [4.69, 9.17) is 0 Å². The first-order valence-corrected chi connectivity index (χ1v) is 5.99. The summed E-state index contributed by atoms with van der Waals surface area (Å²) in [6.07, 6.45) is 4.27. The van der Waals surface area contributed by atoms with Gasteiger partial charge in [-0.3, -0.25) is 0 Å². The molecule has 0 saturated carbocycles. The van der Waals surface area contributed by atoms with Crippen molar-refractivity contribution in [3.63, 3.8) is 0 Å². The van der Waals surface area contributed by atoms with Gasteiger partial charge in [-0.1, -0.05) is 34.1 Å². The average Bonchev–Trinajstić information content (AvgIpc) is 2.22. The van der Waals surface area contributed by atoms with E-state index < -0.39 is 0 Å². The molecule has 82 valence electrons. The summed E-state index contributed by atoms with van der Waals surface area (Å²) in [5.41, 5.74) is 2.17. The first kappa shape index (κ1) is 12.5. The summed E-state index contributed by atoms with van der Waals surface area (Å²) < 4.78 is 1.06. The zero-order valence-corrected chi connectivity index (χ0v) is 10.6. The Morgan fingerprint density at radius 1 is 1.53 bits per heavy atom. The van der Waals surface area contributed by atoms with E-state index in [1.165, 1.54) is 5.56 Å². The largest absolute Gasteiger partial charge is 0.388 e. The topological polar surface area (TPSA) is 20.2 Å². The summed E-state index contributed by atoms with van der Waals surface area (Å²) in [5.74, 6) is 0. The van der Waals surface area contributed by atoms with Crippen molar-refractivity contribution < 1.29 is 5.11 Å². The van der Waals surface area contributed by atoms with E-state index in [1.807, 2.05) is 31.2 Å². The van der Waals surface area contributed by atoms with Crippen molar-refractivity contribution in [2.75, 3.05) is 0 Å². The number of rotatable bonds is 5. The van der Waals surface area contributed by atoms with E-state index in [0.717, 1.165) is 29.3 Å². The highest BCUT2D eigenvalue weighted by molar-refractivity contribution is 9.10. The van der Waals surface area contributed by atoms with Crippen molar-refractivity contribution in [3.8, 4) is 0 Å². The maximum atomic E-state index is 9.91. The molecule has 1 nitrogen and oxygen atoms in total. The van der Waals surface area contributed by atoms with Gasteiger partial charge in [0.1, 0.15) is 0 Å². The molecule has 1 atom stereocenters. The van der Waals surface area contributed by atoms with Crippen LogP contribution in [-0.2, 0) is 0 Å². The smallest absolute Gasteiger partial charge is 0.0790 e. The van der Waals surface area contributed by atoms with Gasteiger partial charge in [-0.25, -0.2) is 0 Å². The molecule has 0 radical (unpaired) electrons. The van der Waals surface area contributed by atoms with E-state index in [2.05, 4.69) is 22.5 Å². The van der Waals surface area contributed by atoms with Crippen LogP contribution in [0.2, 0.25) is 0 Å². The van der Waals surface area contributed by atoms with Gasteiger partial charge in [-0.05, 0) is 43.4 Å². The van der Waals surface area contributed by atoms with Crippen LogP contribution in [0.4, 0.5) is 0 Å². The number of benzene rings is 1. The number of unbranched alkanes of at least 4 members (excludes halogenated alkanes) is 1. The molecule has 0 aliphatic rings. The Morgan fingerprint density at radius 3 is 2.87 bits per heavy atom. The summed E-state index contributed by atoms with van der Waals surface area (Å²) in [6.45, 7) is 5.71. The fraction of sp³-hybridized carbons (Fsp3) is 0.385. The third-order valence-corrected chi connectivity index (χ3v) is 3.32. The monoisotopic (exact) mass is 268 g/mol. The SMILES string of the molecule is C=CCCCC(O)c1ccc(C)c(Br)c1. The van der Waals surface area contributed by atoms with E-state index in [9.17, 15) is 5.11 Å². The Labute approximate surface area is 100.0 Å². The quantitative estimate of drug-likeness (QED) is 0.629. The van der Waals surface area contributed by atoms with Crippen molar-refractivity contribution in [1.82, 2.24) is 0 Å². The minimum Gasteiger partial charge on any atom is -0.388 e. The first-order valence-electron chi connectivity index (χ1n) is 5.20. The maximum absolute atomic E-state index is 9.91. The lowest BCUT2D eigenvalue weighted by Crippen LogP contribution is -1.97. The lowest BCUT2D eigenvalue weighted by atomic mass is 10.0. The van der Waals surface area contributed by atoms with Crippen molar-refractivity contribution in [2.24, 2.45) is 0 Å². The summed E-state index contributed by atoms with van der Waals surface area (Å²) in [5, 5.41) is 9.91. The molecule has 2 heteroatoms. The molecule has 0 fully saturated rings. The lowest BCUT2D eigenvalue weighted by molar-refractivity contribution is 0.165. The van der Waals surface area contributed by atoms with Crippen LogP contribution in [0.1, 0.15) is 36.5 Å². The summed E-state index contributed by atoms with van der Waals surface area (Å²) in [7, 11) is 0. The second-order valence-corrected chi connectivity index (χ2v) is 4.60. The first-order chi connectivity index (χ1) is 7.15. The van der Waals surface area contributed by atoms with Gasteiger partial charge in [-0.15, -0.1) is 6.58 Å². The molecule has 15 heavy (non-hydrogen) atoms. The molecule has 1 aromatic rings. The van der Waals surface area contributed by atoms with Crippen molar-refractivity contribution in [2.45, 2.75) is 32.3 Å². The van der Waals surface area contributed by atoms with E-state index in [-0.39, 0.29) is 6.10 Å². The normalized spacial score (nSPS) is 12.5. The second kappa shape index (κ2) is 6.09. The Morgan fingerprint density at radius 2 is 2.27 bits per heavy atom. The number of hydrogen-bond acceptors (Lipinski definition) is 1. The predicted molar refractivity (Wildman–Crippen MR) is 67.9 cm³/mol. The van der Waals surface area contributed by atoms with Crippen molar-refractivity contribution >= 4 is 15.9 Å². The molecule has 0 spiro atoms. The van der Waals surface area contributed by atoms with Crippen LogP contribution >= 0.6 is 15.9 Å². The molecule has 0 aliphatic heterocycles. The van der Waals surface area contributed by atoms with Gasteiger partial charge in [0.15, 0.2) is 0 Å². The Kier molecular flexibility index (Phi) is 5.06. The molecule has 0 saturated heterocycles. The highest BCUT2D eigenvalue weighted by Crippen LogP contribution is 2.24. The average molecular weight is 269 g/mol. The van der Waals surface area contributed by atoms with Gasteiger partial charge >= 0.3 is 0 Å². The van der Waals surface area contributed by atoms with Crippen molar-refractivity contribution in [3.05, 3.63) is 46.5 Å². The van der Waals surface area contributed by atoms with Crippen LogP contribution in [0.15, 0.2) is 35.3 Å². The van der Waals surface area contributed by atoms with Crippen LogP contribution < -0.4 is 0 Å². The fourth-order valence-electron chi connectivity index (χ4n) is 1.44. The van der Waals surface area contributed by atoms with E-state index in [0.29, 0.717) is 0 Å².